The average Bonchev–Trinajstić information content (AvgIpc) is 3.41. The molecule has 2 atom stereocenters. The minimum absolute atomic E-state index is 0.0281. The second-order valence-electron chi connectivity index (χ2n) is 9.00. The molecule has 12 heteroatoms. The Bertz CT molecular complexity index is 1300. The monoisotopic (exact) mass is 515 g/mol. The quantitative estimate of drug-likeness (QED) is 0.502. The van der Waals surface area contributed by atoms with Crippen LogP contribution in [-0.2, 0) is 30.8 Å². The fraction of sp³-hybridized carbons (Fsp3) is 0.458. The fourth-order valence-corrected chi connectivity index (χ4v) is 4.70. The van der Waals surface area contributed by atoms with Crippen LogP contribution in [0.5, 0.6) is 0 Å². The molecule has 2 aliphatic heterocycles. The zero-order valence-corrected chi connectivity index (χ0v) is 21.0. The Morgan fingerprint density at radius 1 is 1.22 bits per heavy atom. The maximum Gasteiger partial charge on any atom is 0.264 e. The summed E-state index contributed by atoms with van der Waals surface area (Å²) in [4.78, 5) is 43.7. The topological polar surface area (TPSA) is 141 Å². The van der Waals surface area contributed by atoms with Crippen molar-refractivity contribution in [1.82, 2.24) is 15.0 Å². The molecule has 1 amide bonds. The lowest BCUT2D eigenvalue weighted by Crippen LogP contribution is -2.51. The lowest BCUT2D eigenvalue weighted by molar-refractivity contribution is -0.201. The molecule has 192 valence electrons. The normalized spacial score (nSPS) is 19.8. The molecule has 0 saturated carbocycles. The van der Waals surface area contributed by atoms with E-state index in [1.807, 2.05) is 24.3 Å². The van der Waals surface area contributed by atoms with E-state index >= 15 is 0 Å². The van der Waals surface area contributed by atoms with E-state index in [4.69, 9.17) is 9.57 Å². The first-order valence-corrected chi connectivity index (χ1v) is 13.6. The van der Waals surface area contributed by atoms with Gasteiger partial charge >= 0.3 is 0 Å². The van der Waals surface area contributed by atoms with Crippen molar-refractivity contribution in [3.05, 3.63) is 52.6 Å². The number of hydrogen-bond acceptors (Lipinski definition) is 9. The highest BCUT2D eigenvalue weighted by Crippen LogP contribution is 2.25. The van der Waals surface area contributed by atoms with Crippen molar-refractivity contribution >= 4 is 28.2 Å². The number of benzene rings is 1. The molecule has 0 aliphatic carbocycles. The first-order valence-electron chi connectivity index (χ1n) is 11.7. The molecule has 0 spiro atoms. The molecule has 2 aliphatic rings. The van der Waals surface area contributed by atoms with Crippen LogP contribution >= 0.6 is 0 Å². The predicted octanol–water partition coefficient (Wildman–Crippen LogP) is 1.83. The van der Waals surface area contributed by atoms with E-state index in [1.165, 1.54) is 23.9 Å². The van der Waals surface area contributed by atoms with Crippen LogP contribution in [0, 0.1) is 0 Å². The van der Waals surface area contributed by atoms with Crippen molar-refractivity contribution < 1.29 is 22.8 Å². The van der Waals surface area contributed by atoms with Gasteiger partial charge in [0.2, 0.25) is 0 Å². The SMILES string of the molecule is C[C@@](CCn1cnc(-c2ccc(C3N=CC=N3)cc2)cc1=O)(C(=O)NOC1CCCCO1)S(C)(=O)=O. The molecule has 2 aromatic rings. The van der Waals surface area contributed by atoms with Crippen LogP contribution in [0.2, 0.25) is 0 Å². The maximum atomic E-state index is 12.8. The molecule has 1 saturated heterocycles. The van der Waals surface area contributed by atoms with E-state index in [-0.39, 0.29) is 24.7 Å². The van der Waals surface area contributed by atoms with E-state index in [0.29, 0.717) is 18.7 Å². The molecule has 0 bridgehead atoms. The minimum Gasteiger partial charge on any atom is -0.350 e. The molecule has 1 aromatic carbocycles. The van der Waals surface area contributed by atoms with Crippen LogP contribution < -0.4 is 11.0 Å². The number of aromatic nitrogens is 2. The van der Waals surface area contributed by atoms with Crippen LogP contribution in [0.3, 0.4) is 0 Å². The van der Waals surface area contributed by atoms with Crippen LogP contribution in [0.1, 0.15) is 44.3 Å². The number of nitrogens with one attached hydrogen (secondary N) is 1. The number of nitrogens with zero attached hydrogens (tertiary/aromatic N) is 4. The van der Waals surface area contributed by atoms with Gasteiger partial charge in [-0.05, 0) is 31.7 Å². The lowest BCUT2D eigenvalue weighted by Gasteiger charge is -2.28. The van der Waals surface area contributed by atoms with Crippen molar-refractivity contribution in [2.24, 2.45) is 9.98 Å². The number of hydroxylamine groups is 1. The number of carbonyl (C=O) groups excluding carboxylic acids is 1. The number of aliphatic imine (C=N–C) groups is 2. The molecule has 4 rings (SSSR count). The second-order valence-corrected chi connectivity index (χ2v) is 11.4. The molecule has 1 aromatic heterocycles. The van der Waals surface area contributed by atoms with Gasteiger partial charge in [-0.25, -0.2) is 23.7 Å². The van der Waals surface area contributed by atoms with E-state index in [2.05, 4.69) is 20.4 Å². The summed E-state index contributed by atoms with van der Waals surface area (Å²) in [6.45, 7) is 1.80. The number of sulfone groups is 1. The highest BCUT2D eigenvalue weighted by atomic mass is 32.2. The number of rotatable bonds is 9. The molecular formula is C24H29N5O6S. The molecule has 1 fully saturated rings. The molecular weight excluding hydrogens is 486 g/mol. The van der Waals surface area contributed by atoms with Crippen molar-refractivity contribution in [3.63, 3.8) is 0 Å². The number of amides is 1. The lowest BCUT2D eigenvalue weighted by atomic mass is 10.1. The summed E-state index contributed by atoms with van der Waals surface area (Å²) in [7, 11) is -3.85. The third kappa shape index (κ3) is 5.77. The third-order valence-corrected chi connectivity index (χ3v) is 8.48. The summed E-state index contributed by atoms with van der Waals surface area (Å²) in [6.07, 6.45) is 7.03. The van der Waals surface area contributed by atoms with Gasteiger partial charge in [-0.2, -0.15) is 0 Å². The molecule has 11 nitrogen and oxygen atoms in total. The smallest absolute Gasteiger partial charge is 0.264 e. The molecule has 1 N–H and O–H groups in total. The number of aryl methyl sites for hydroxylation is 1. The Balaban J connectivity index is 1.43. The summed E-state index contributed by atoms with van der Waals surface area (Å²) >= 11 is 0. The standard InChI is InChI=1S/C24H29N5O6S/c1-24(36(2,32)33,23(31)28-35-21-5-3-4-14-34-21)10-13-29-16-27-19(15-20(29)30)17-6-8-18(9-7-17)22-25-11-12-26-22/h6-9,11-12,15-16,21-22H,3-5,10,13-14H2,1-2H3,(H,28,31)/t21?,24-/m1/s1. The van der Waals surface area contributed by atoms with E-state index in [0.717, 1.165) is 30.2 Å². The predicted molar refractivity (Wildman–Crippen MR) is 134 cm³/mol. The Hall–Kier alpha value is -3.22. The van der Waals surface area contributed by atoms with Crippen molar-refractivity contribution in [3.8, 4) is 11.3 Å². The van der Waals surface area contributed by atoms with Crippen molar-refractivity contribution in [1.29, 1.82) is 0 Å². The van der Waals surface area contributed by atoms with Gasteiger partial charge in [0, 0.05) is 49.9 Å². The van der Waals surface area contributed by atoms with Gasteiger partial charge in [-0.1, -0.05) is 24.3 Å². The summed E-state index contributed by atoms with van der Waals surface area (Å²) in [6, 6.07) is 8.81. The zero-order valence-electron chi connectivity index (χ0n) is 20.2. The van der Waals surface area contributed by atoms with Crippen LogP contribution in [0.4, 0.5) is 0 Å². The van der Waals surface area contributed by atoms with Crippen molar-refractivity contribution in [2.75, 3.05) is 12.9 Å². The van der Waals surface area contributed by atoms with E-state index in [1.54, 1.807) is 12.4 Å². The molecule has 1 unspecified atom stereocenters. The molecule has 3 heterocycles. The average molecular weight is 516 g/mol. The van der Waals surface area contributed by atoms with Crippen LogP contribution in [0.15, 0.2) is 51.4 Å². The first kappa shape index (κ1) is 25.9. The van der Waals surface area contributed by atoms with Gasteiger partial charge in [0.1, 0.15) is 0 Å². The molecule has 36 heavy (non-hydrogen) atoms. The van der Waals surface area contributed by atoms with E-state index in [9.17, 15) is 18.0 Å². The third-order valence-electron chi connectivity index (χ3n) is 6.45. The van der Waals surface area contributed by atoms with Gasteiger partial charge in [-0.15, -0.1) is 0 Å². The summed E-state index contributed by atoms with van der Waals surface area (Å²) in [5.74, 6) is -0.812. The van der Waals surface area contributed by atoms with Crippen LogP contribution in [0.25, 0.3) is 11.3 Å². The van der Waals surface area contributed by atoms with Crippen LogP contribution in [-0.4, -0.2) is 60.2 Å². The van der Waals surface area contributed by atoms with Gasteiger partial charge in [0.05, 0.1) is 12.0 Å². The molecule has 0 radical (unpaired) electrons. The Morgan fingerprint density at radius 2 is 1.94 bits per heavy atom. The summed E-state index contributed by atoms with van der Waals surface area (Å²) < 4.78 is 30.0. The van der Waals surface area contributed by atoms with Crippen molar-refractivity contribution in [2.45, 2.75) is 56.4 Å². The minimum atomic E-state index is -3.85. The maximum absolute atomic E-state index is 12.8. The Morgan fingerprint density at radius 3 is 2.56 bits per heavy atom. The van der Waals surface area contributed by atoms with Gasteiger partial charge in [0.25, 0.3) is 11.5 Å². The van der Waals surface area contributed by atoms with Gasteiger partial charge < -0.3 is 4.74 Å². The number of ether oxygens (including phenoxy) is 1. The van der Waals surface area contributed by atoms with E-state index < -0.39 is 26.8 Å². The largest absolute Gasteiger partial charge is 0.350 e. The van der Waals surface area contributed by atoms with Gasteiger partial charge in [0.15, 0.2) is 27.0 Å². The van der Waals surface area contributed by atoms with Gasteiger partial charge in [-0.3, -0.25) is 24.1 Å². The highest BCUT2D eigenvalue weighted by Gasteiger charge is 2.44. The summed E-state index contributed by atoms with van der Waals surface area (Å²) in [5, 5.41) is 0. The Kier molecular flexibility index (Phi) is 7.76. The summed E-state index contributed by atoms with van der Waals surface area (Å²) in [5.41, 5.74) is 4.03. The Labute approximate surface area is 209 Å². The zero-order chi connectivity index (χ0) is 25.8. The highest BCUT2D eigenvalue weighted by molar-refractivity contribution is 7.92. The fourth-order valence-electron chi connectivity index (χ4n) is 3.86. The first-order chi connectivity index (χ1) is 17.2. The number of carbonyl (C=O) groups is 1. The number of hydrogen-bond donors (Lipinski definition) is 1. The second kappa shape index (κ2) is 10.8.